The molecule has 0 aliphatic carbocycles. The minimum absolute atomic E-state index is 0.00778. The number of rotatable bonds is 8. The Labute approximate surface area is 226 Å². The van der Waals surface area contributed by atoms with Gasteiger partial charge in [0.1, 0.15) is 5.69 Å². The van der Waals surface area contributed by atoms with E-state index in [2.05, 4.69) is 25.3 Å². The SMILES string of the molecule is COC(=O)Nc1ncc(-c2cn(-c3cc(CC(=O)c4cc(CN(C)C)cc(C(F)(F)F)c4)ccc3C)nn2)s1. The molecular formula is C26H25F3N6O3S. The smallest absolute Gasteiger partial charge is 0.416 e. The molecule has 0 bridgehead atoms. The molecule has 2 heterocycles. The maximum atomic E-state index is 13.5. The normalized spacial score (nSPS) is 11.6. The van der Waals surface area contributed by atoms with E-state index in [1.807, 2.05) is 13.0 Å². The maximum Gasteiger partial charge on any atom is 0.416 e. The number of amides is 1. The van der Waals surface area contributed by atoms with E-state index in [9.17, 15) is 22.8 Å². The lowest BCUT2D eigenvalue weighted by atomic mass is 9.97. The number of carbonyl (C=O) groups excluding carboxylic acids is 2. The summed E-state index contributed by atoms with van der Waals surface area (Å²) in [5.74, 6) is -0.425. The van der Waals surface area contributed by atoms with Crippen LogP contribution in [0, 0.1) is 6.92 Å². The summed E-state index contributed by atoms with van der Waals surface area (Å²) in [6, 6.07) is 8.82. The Balaban J connectivity index is 1.57. The molecule has 0 atom stereocenters. The number of hydrogen-bond donors (Lipinski definition) is 1. The summed E-state index contributed by atoms with van der Waals surface area (Å²) in [6.07, 6.45) is -2.06. The van der Waals surface area contributed by atoms with E-state index in [4.69, 9.17) is 0 Å². The van der Waals surface area contributed by atoms with Gasteiger partial charge in [-0.25, -0.2) is 14.5 Å². The second-order valence-electron chi connectivity index (χ2n) is 9.07. The third kappa shape index (κ3) is 6.86. The van der Waals surface area contributed by atoms with Gasteiger partial charge in [-0.15, -0.1) is 5.10 Å². The summed E-state index contributed by atoms with van der Waals surface area (Å²) in [7, 11) is 4.75. The van der Waals surface area contributed by atoms with Crippen molar-refractivity contribution in [2.75, 3.05) is 26.5 Å². The standard InChI is InChI=1S/C26H25F3N6O3S/c1-15-5-6-16(10-22(36)18-7-17(13-34(2)3)8-19(11-18)26(27,28)29)9-21(15)35-14-20(32-33-35)23-12-30-24(39-23)31-25(37)38-4/h5-9,11-12,14H,10,13H2,1-4H3,(H,30,31,37). The predicted molar refractivity (Wildman–Crippen MR) is 140 cm³/mol. The van der Waals surface area contributed by atoms with Crippen LogP contribution >= 0.6 is 11.3 Å². The molecule has 1 N–H and O–H groups in total. The molecule has 204 valence electrons. The molecule has 0 saturated carbocycles. The Morgan fingerprint density at radius 1 is 1.13 bits per heavy atom. The monoisotopic (exact) mass is 558 g/mol. The zero-order chi connectivity index (χ0) is 28.3. The van der Waals surface area contributed by atoms with E-state index in [1.165, 1.54) is 24.5 Å². The van der Waals surface area contributed by atoms with Crippen molar-refractivity contribution in [1.82, 2.24) is 24.9 Å². The number of alkyl halides is 3. The first-order chi connectivity index (χ1) is 18.4. The number of aryl methyl sites for hydroxylation is 1. The van der Waals surface area contributed by atoms with Gasteiger partial charge in [-0.05, 0) is 62.0 Å². The lowest BCUT2D eigenvalue weighted by Crippen LogP contribution is -2.15. The van der Waals surface area contributed by atoms with Crippen LogP contribution in [0.5, 0.6) is 0 Å². The van der Waals surface area contributed by atoms with Crippen LogP contribution in [0.2, 0.25) is 0 Å². The summed E-state index contributed by atoms with van der Waals surface area (Å²) < 4.78 is 46.6. The van der Waals surface area contributed by atoms with Gasteiger partial charge in [0.15, 0.2) is 10.9 Å². The van der Waals surface area contributed by atoms with Gasteiger partial charge in [-0.3, -0.25) is 10.1 Å². The largest absolute Gasteiger partial charge is 0.453 e. The highest BCUT2D eigenvalue weighted by atomic mass is 32.1. The number of aromatic nitrogens is 4. The fourth-order valence-electron chi connectivity index (χ4n) is 3.86. The molecule has 0 fully saturated rings. The topological polar surface area (TPSA) is 102 Å². The summed E-state index contributed by atoms with van der Waals surface area (Å²) >= 11 is 1.19. The number of anilines is 1. The number of methoxy groups -OCH3 is 1. The molecule has 0 aliphatic heterocycles. The van der Waals surface area contributed by atoms with E-state index < -0.39 is 23.6 Å². The summed E-state index contributed by atoms with van der Waals surface area (Å²) in [5.41, 5.74) is 2.22. The lowest BCUT2D eigenvalue weighted by molar-refractivity contribution is -0.137. The fourth-order valence-corrected chi connectivity index (χ4v) is 4.61. The van der Waals surface area contributed by atoms with Crippen LogP contribution in [-0.4, -0.2) is 58.0 Å². The quantitative estimate of drug-likeness (QED) is 0.290. The fraction of sp³-hybridized carbons (Fsp3) is 0.269. The van der Waals surface area contributed by atoms with Crippen LogP contribution in [0.1, 0.15) is 32.6 Å². The molecule has 1 amide bonds. The molecular weight excluding hydrogens is 533 g/mol. The second kappa shape index (κ2) is 11.3. The Morgan fingerprint density at radius 2 is 1.90 bits per heavy atom. The third-order valence-corrected chi connectivity index (χ3v) is 6.61. The highest BCUT2D eigenvalue weighted by molar-refractivity contribution is 7.19. The van der Waals surface area contributed by atoms with Gasteiger partial charge in [-0.1, -0.05) is 28.7 Å². The van der Waals surface area contributed by atoms with Crippen molar-refractivity contribution in [2.24, 2.45) is 0 Å². The van der Waals surface area contributed by atoms with Gasteiger partial charge in [-0.2, -0.15) is 13.2 Å². The van der Waals surface area contributed by atoms with Gasteiger partial charge < -0.3 is 9.64 Å². The van der Waals surface area contributed by atoms with Crippen molar-refractivity contribution in [1.29, 1.82) is 0 Å². The van der Waals surface area contributed by atoms with Gasteiger partial charge in [0.05, 0.1) is 29.4 Å². The highest BCUT2D eigenvalue weighted by Crippen LogP contribution is 2.32. The molecule has 0 unspecified atom stereocenters. The zero-order valence-electron chi connectivity index (χ0n) is 21.5. The molecule has 0 spiro atoms. The van der Waals surface area contributed by atoms with Gasteiger partial charge >= 0.3 is 12.3 Å². The van der Waals surface area contributed by atoms with Gasteiger partial charge in [0.25, 0.3) is 0 Å². The average Bonchev–Trinajstić information content (AvgIpc) is 3.54. The van der Waals surface area contributed by atoms with Crippen LogP contribution in [0.4, 0.5) is 23.1 Å². The second-order valence-corrected chi connectivity index (χ2v) is 10.1. The first-order valence-electron chi connectivity index (χ1n) is 11.7. The van der Waals surface area contributed by atoms with E-state index >= 15 is 0 Å². The van der Waals surface area contributed by atoms with Crippen LogP contribution in [0.15, 0.2) is 48.8 Å². The molecule has 4 aromatic rings. The summed E-state index contributed by atoms with van der Waals surface area (Å²) in [6.45, 7) is 2.14. The number of thiazole rings is 1. The van der Waals surface area contributed by atoms with Crippen molar-refractivity contribution < 1.29 is 27.5 Å². The van der Waals surface area contributed by atoms with Crippen molar-refractivity contribution in [2.45, 2.75) is 26.1 Å². The van der Waals surface area contributed by atoms with E-state index in [0.29, 0.717) is 32.5 Å². The predicted octanol–water partition coefficient (Wildman–Crippen LogP) is 5.38. The molecule has 39 heavy (non-hydrogen) atoms. The molecule has 0 radical (unpaired) electrons. The molecule has 9 nitrogen and oxygen atoms in total. The zero-order valence-corrected chi connectivity index (χ0v) is 22.4. The van der Waals surface area contributed by atoms with Crippen molar-refractivity contribution in [3.8, 4) is 16.3 Å². The van der Waals surface area contributed by atoms with Crippen molar-refractivity contribution >= 4 is 28.3 Å². The number of hydrogen-bond acceptors (Lipinski definition) is 8. The number of ether oxygens (including phenoxy) is 1. The van der Waals surface area contributed by atoms with Gasteiger partial charge in [0, 0.05) is 24.7 Å². The molecule has 4 rings (SSSR count). The van der Waals surface area contributed by atoms with Crippen LogP contribution in [0.3, 0.4) is 0 Å². The highest BCUT2D eigenvalue weighted by Gasteiger charge is 2.32. The first-order valence-corrected chi connectivity index (χ1v) is 12.5. The maximum absolute atomic E-state index is 13.5. The van der Waals surface area contributed by atoms with Crippen molar-refractivity contribution in [3.05, 3.63) is 76.6 Å². The van der Waals surface area contributed by atoms with Crippen LogP contribution < -0.4 is 5.32 Å². The third-order valence-electron chi connectivity index (χ3n) is 5.67. The molecule has 0 saturated heterocycles. The number of halogens is 3. The molecule has 2 aromatic carbocycles. The van der Waals surface area contributed by atoms with E-state index in [-0.39, 0.29) is 18.5 Å². The number of nitrogens with one attached hydrogen (secondary N) is 1. The number of Topliss-reactive ketones (excluding diaryl/α,β-unsaturated/α-hetero) is 1. The van der Waals surface area contributed by atoms with Crippen molar-refractivity contribution in [3.63, 3.8) is 0 Å². The molecule has 13 heteroatoms. The summed E-state index contributed by atoms with van der Waals surface area (Å²) in [5, 5.41) is 11.2. The molecule has 0 aliphatic rings. The summed E-state index contributed by atoms with van der Waals surface area (Å²) in [4.78, 5) is 31.0. The average molecular weight is 559 g/mol. The number of ketones is 1. The number of nitrogens with zero attached hydrogens (tertiary/aromatic N) is 5. The Hall–Kier alpha value is -4.10. The number of benzene rings is 2. The van der Waals surface area contributed by atoms with E-state index in [1.54, 1.807) is 48.2 Å². The van der Waals surface area contributed by atoms with Crippen LogP contribution in [0.25, 0.3) is 16.3 Å². The van der Waals surface area contributed by atoms with E-state index in [0.717, 1.165) is 17.7 Å². The lowest BCUT2D eigenvalue weighted by Gasteiger charge is -2.15. The minimum Gasteiger partial charge on any atom is -0.453 e. The van der Waals surface area contributed by atoms with Crippen LogP contribution in [-0.2, 0) is 23.9 Å². The minimum atomic E-state index is -4.56. The first kappa shape index (κ1) is 27.9. The Kier molecular flexibility index (Phi) is 8.11. The Bertz CT molecular complexity index is 1510. The molecule has 2 aromatic heterocycles. The number of carbonyl (C=O) groups is 2. The van der Waals surface area contributed by atoms with Gasteiger partial charge in [0.2, 0.25) is 0 Å². The Morgan fingerprint density at radius 3 is 2.59 bits per heavy atom.